The largest absolute Gasteiger partial charge is 0.323 e. The first-order valence-corrected chi connectivity index (χ1v) is 8.54. The van der Waals surface area contributed by atoms with Gasteiger partial charge in [0, 0.05) is 31.5 Å². The molecule has 2 N–H and O–H groups in total. The van der Waals surface area contributed by atoms with Gasteiger partial charge in [-0.2, -0.15) is 5.26 Å². The fraction of sp³-hybridized carbons (Fsp3) is 0. The number of nitrogens with one attached hydrogen (secondary N) is 2. The summed E-state index contributed by atoms with van der Waals surface area (Å²) in [6, 6.07) is 22.7. The molecule has 5 heteroatoms. The van der Waals surface area contributed by atoms with E-state index in [-0.39, 0.29) is 6.03 Å². The van der Waals surface area contributed by atoms with E-state index in [0.717, 1.165) is 10.4 Å². The number of nitriles is 1. The van der Waals surface area contributed by atoms with Gasteiger partial charge in [-0.25, -0.2) is 4.79 Å². The zero-order valence-corrected chi connectivity index (χ0v) is 13.9. The standard InChI is InChI=1S/C20H13N3OS/c21-12-13-5-7-14(8-6-13)22-20(24)23-15-9-10-17-16-3-1-2-4-18(16)25-19(17)11-15/h1-11H,(H2,22,23,24). The number of hydrogen-bond donors (Lipinski definition) is 2. The number of anilines is 2. The molecule has 4 rings (SSSR count). The van der Waals surface area contributed by atoms with Crippen molar-refractivity contribution in [2.75, 3.05) is 10.6 Å². The minimum Gasteiger partial charge on any atom is -0.308 e. The molecule has 1 aromatic heterocycles. The lowest BCUT2D eigenvalue weighted by molar-refractivity contribution is 0.262. The smallest absolute Gasteiger partial charge is 0.308 e. The van der Waals surface area contributed by atoms with E-state index in [1.54, 1.807) is 35.6 Å². The summed E-state index contributed by atoms with van der Waals surface area (Å²) in [7, 11) is 0. The number of thiophene rings is 1. The van der Waals surface area contributed by atoms with Crippen LogP contribution in [-0.4, -0.2) is 6.03 Å². The molecular weight excluding hydrogens is 330 g/mol. The molecule has 0 unspecified atom stereocenters. The van der Waals surface area contributed by atoms with Gasteiger partial charge in [0.2, 0.25) is 0 Å². The monoisotopic (exact) mass is 343 g/mol. The molecule has 0 aliphatic heterocycles. The van der Waals surface area contributed by atoms with Crippen molar-refractivity contribution in [2.24, 2.45) is 0 Å². The molecule has 0 aliphatic carbocycles. The average Bonchev–Trinajstić information content (AvgIpc) is 3.00. The Kier molecular flexibility index (Phi) is 3.81. The fourth-order valence-electron chi connectivity index (χ4n) is 2.73. The zero-order valence-electron chi connectivity index (χ0n) is 13.1. The van der Waals surface area contributed by atoms with Crippen molar-refractivity contribution >= 4 is 48.9 Å². The van der Waals surface area contributed by atoms with Gasteiger partial charge in [0.25, 0.3) is 0 Å². The van der Waals surface area contributed by atoms with E-state index in [2.05, 4.69) is 22.8 Å². The number of urea groups is 1. The van der Waals surface area contributed by atoms with Gasteiger partial charge in [0.1, 0.15) is 0 Å². The summed E-state index contributed by atoms with van der Waals surface area (Å²) in [6.07, 6.45) is 0. The molecule has 0 atom stereocenters. The van der Waals surface area contributed by atoms with Crippen molar-refractivity contribution in [3.63, 3.8) is 0 Å². The molecule has 0 saturated heterocycles. The van der Waals surface area contributed by atoms with Gasteiger partial charge in [-0.1, -0.05) is 24.3 Å². The average molecular weight is 343 g/mol. The molecule has 0 spiro atoms. The predicted octanol–water partition coefficient (Wildman–Crippen LogP) is 5.57. The van der Waals surface area contributed by atoms with Crippen molar-refractivity contribution in [1.29, 1.82) is 5.26 Å². The van der Waals surface area contributed by atoms with Crippen LogP contribution in [0.3, 0.4) is 0 Å². The number of rotatable bonds is 2. The van der Waals surface area contributed by atoms with Gasteiger partial charge in [-0.3, -0.25) is 0 Å². The van der Waals surface area contributed by atoms with Crippen LogP contribution < -0.4 is 10.6 Å². The lowest BCUT2D eigenvalue weighted by Crippen LogP contribution is -2.19. The van der Waals surface area contributed by atoms with Gasteiger partial charge in [0.15, 0.2) is 0 Å². The second-order valence-electron chi connectivity index (χ2n) is 5.58. The van der Waals surface area contributed by atoms with E-state index < -0.39 is 0 Å². The topological polar surface area (TPSA) is 64.9 Å². The third-order valence-electron chi connectivity index (χ3n) is 3.91. The van der Waals surface area contributed by atoms with E-state index in [0.29, 0.717) is 11.3 Å². The zero-order chi connectivity index (χ0) is 17.2. The molecule has 0 bridgehead atoms. The summed E-state index contributed by atoms with van der Waals surface area (Å²) < 4.78 is 2.37. The van der Waals surface area contributed by atoms with E-state index in [1.165, 1.54) is 15.5 Å². The van der Waals surface area contributed by atoms with Gasteiger partial charge in [0.05, 0.1) is 11.6 Å². The number of fused-ring (bicyclic) bond motifs is 3. The fourth-order valence-corrected chi connectivity index (χ4v) is 3.87. The Balaban J connectivity index is 1.54. The van der Waals surface area contributed by atoms with Crippen LogP contribution in [0.2, 0.25) is 0 Å². The first-order chi connectivity index (χ1) is 12.2. The maximum atomic E-state index is 12.2. The van der Waals surface area contributed by atoms with Crippen molar-refractivity contribution in [3.05, 3.63) is 72.3 Å². The van der Waals surface area contributed by atoms with Gasteiger partial charge in [-0.15, -0.1) is 11.3 Å². The minimum absolute atomic E-state index is 0.315. The number of amides is 2. The van der Waals surface area contributed by atoms with Crippen LogP contribution in [0, 0.1) is 11.3 Å². The van der Waals surface area contributed by atoms with E-state index in [1.807, 2.05) is 36.4 Å². The summed E-state index contributed by atoms with van der Waals surface area (Å²) in [5.41, 5.74) is 1.94. The predicted molar refractivity (Wildman–Crippen MR) is 103 cm³/mol. The maximum Gasteiger partial charge on any atom is 0.323 e. The Bertz CT molecular complexity index is 1120. The molecule has 0 aliphatic rings. The van der Waals surface area contributed by atoms with E-state index >= 15 is 0 Å². The first-order valence-electron chi connectivity index (χ1n) is 7.72. The lowest BCUT2D eigenvalue weighted by Gasteiger charge is -2.08. The second-order valence-corrected chi connectivity index (χ2v) is 6.66. The summed E-state index contributed by atoms with van der Waals surface area (Å²) in [5, 5.41) is 16.8. The molecule has 4 aromatic rings. The Labute approximate surface area is 148 Å². The summed E-state index contributed by atoms with van der Waals surface area (Å²) in [4.78, 5) is 12.2. The first kappa shape index (κ1) is 15.2. The number of hydrogen-bond acceptors (Lipinski definition) is 3. The molecule has 0 radical (unpaired) electrons. The molecule has 1 heterocycles. The highest BCUT2D eigenvalue weighted by atomic mass is 32.1. The van der Waals surface area contributed by atoms with Crippen molar-refractivity contribution in [1.82, 2.24) is 0 Å². The third-order valence-corrected chi connectivity index (χ3v) is 5.04. The lowest BCUT2D eigenvalue weighted by atomic mass is 10.1. The Morgan fingerprint density at radius 3 is 2.32 bits per heavy atom. The van der Waals surface area contributed by atoms with Crippen molar-refractivity contribution in [2.45, 2.75) is 0 Å². The highest BCUT2D eigenvalue weighted by molar-refractivity contribution is 7.25. The number of carbonyl (C=O) groups excluding carboxylic acids is 1. The number of nitrogens with zero attached hydrogens (tertiary/aromatic N) is 1. The van der Waals surface area contributed by atoms with Crippen molar-refractivity contribution < 1.29 is 4.79 Å². The summed E-state index contributed by atoms with van der Waals surface area (Å²) in [6.45, 7) is 0. The summed E-state index contributed by atoms with van der Waals surface area (Å²) in [5.74, 6) is 0. The quantitative estimate of drug-likeness (QED) is 0.500. The third kappa shape index (κ3) is 3.03. The van der Waals surface area contributed by atoms with Crippen molar-refractivity contribution in [3.8, 4) is 6.07 Å². The minimum atomic E-state index is -0.315. The van der Waals surface area contributed by atoms with Gasteiger partial charge in [-0.05, 0) is 42.5 Å². The molecule has 25 heavy (non-hydrogen) atoms. The second kappa shape index (κ2) is 6.27. The highest BCUT2D eigenvalue weighted by Crippen LogP contribution is 2.35. The molecule has 120 valence electrons. The molecular formula is C20H13N3OS. The normalized spacial score (nSPS) is 10.5. The molecule has 0 saturated carbocycles. The number of carbonyl (C=O) groups is 1. The van der Waals surface area contributed by atoms with E-state index in [9.17, 15) is 4.79 Å². The molecule has 2 amide bonds. The number of benzene rings is 3. The van der Waals surface area contributed by atoms with Crippen LogP contribution >= 0.6 is 11.3 Å². The maximum absolute atomic E-state index is 12.2. The molecule has 0 fully saturated rings. The molecule has 4 nitrogen and oxygen atoms in total. The SMILES string of the molecule is N#Cc1ccc(NC(=O)Nc2ccc3c(c2)sc2ccccc23)cc1. The Morgan fingerprint density at radius 2 is 1.52 bits per heavy atom. The van der Waals surface area contributed by atoms with Crippen LogP contribution in [0.15, 0.2) is 66.7 Å². The van der Waals surface area contributed by atoms with Gasteiger partial charge >= 0.3 is 6.03 Å². The highest BCUT2D eigenvalue weighted by Gasteiger charge is 2.07. The van der Waals surface area contributed by atoms with Crippen LogP contribution in [0.25, 0.3) is 20.2 Å². The molecule has 3 aromatic carbocycles. The van der Waals surface area contributed by atoms with Crippen LogP contribution in [0.1, 0.15) is 5.56 Å². The summed E-state index contributed by atoms with van der Waals surface area (Å²) >= 11 is 1.71. The van der Waals surface area contributed by atoms with E-state index in [4.69, 9.17) is 5.26 Å². The van der Waals surface area contributed by atoms with Gasteiger partial charge < -0.3 is 10.6 Å². The van der Waals surface area contributed by atoms with Crippen LogP contribution in [-0.2, 0) is 0 Å². The Hall–Kier alpha value is -3.36. The van der Waals surface area contributed by atoms with Crippen LogP contribution in [0.5, 0.6) is 0 Å². The van der Waals surface area contributed by atoms with Crippen LogP contribution in [0.4, 0.5) is 16.2 Å². The Morgan fingerprint density at radius 1 is 0.840 bits per heavy atom.